The van der Waals surface area contributed by atoms with E-state index < -0.39 is 122 Å². The summed E-state index contributed by atoms with van der Waals surface area (Å²) in [7, 11) is 0. The minimum atomic E-state index is -1.67. The number of esters is 6. The van der Waals surface area contributed by atoms with E-state index in [0.717, 1.165) is 34.6 Å². The zero-order valence-electron chi connectivity index (χ0n) is 36.9. The molecule has 25 heteroatoms. The highest BCUT2D eigenvalue weighted by Gasteiger charge is 2.53. The summed E-state index contributed by atoms with van der Waals surface area (Å²) in [5, 5.41) is 23.6. The average molecular weight is 909 g/mol. The predicted octanol–water partition coefficient (Wildman–Crippen LogP) is -2.87. The van der Waals surface area contributed by atoms with Crippen molar-refractivity contribution in [2.45, 2.75) is 142 Å². The molecule has 7 N–H and O–H groups in total. The SMILES string of the molecule is CC(=O)NC1C(OC(C)=O)[C@@H](OC(C)=O)C(COC(C)=O)O[C@H]1OC(O)NCCCNCCCN(CCCN)O[C@@H]1OC(COC(C)=O)[C@H](OC(C)=O)C(OC(C)=O)C1NC(C)=O. The number of amides is 2. The molecule has 2 rings (SSSR count). The molecule has 0 aliphatic carbocycles. The van der Waals surface area contributed by atoms with Crippen LogP contribution < -0.4 is 27.0 Å². The van der Waals surface area contributed by atoms with Crippen LogP contribution in [0.15, 0.2) is 0 Å². The van der Waals surface area contributed by atoms with Crippen LogP contribution in [-0.2, 0) is 85.8 Å². The summed E-state index contributed by atoms with van der Waals surface area (Å²) in [4.78, 5) is 102. The Morgan fingerprint density at radius 1 is 0.587 bits per heavy atom. The number of aliphatic hydroxyl groups excluding tert-OH is 1. The van der Waals surface area contributed by atoms with Crippen LogP contribution in [0.2, 0.25) is 0 Å². The summed E-state index contributed by atoms with van der Waals surface area (Å²) in [6.07, 6.45) is -10.6. The molecule has 7 unspecified atom stereocenters. The van der Waals surface area contributed by atoms with Crippen LogP contribution in [0.5, 0.6) is 0 Å². The summed E-state index contributed by atoms with van der Waals surface area (Å²) in [6, 6.07) is -2.43. The Morgan fingerprint density at radius 2 is 1.02 bits per heavy atom. The molecule has 0 aromatic rings. The van der Waals surface area contributed by atoms with E-state index in [0.29, 0.717) is 52.0 Å². The summed E-state index contributed by atoms with van der Waals surface area (Å²) in [5.41, 5.74) is 5.79. The number of carbonyl (C=O) groups excluding carboxylic acids is 8. The van der Waals surface area contributed by atoms with Crippen LogP contribution in [0.4, 0.5) is 0 Å². The predicted molar refractivity (Wildman–Crippen MR) is 212 cm³/mol. The molecule has 0 saturated carbocycles. The largest absolute Gasteiger partial charge is 0.463 e. The lowest BCUT2D eigenvalue weighted by Gasteiger charge is -2.45. The summed E-state index contributed by atoms with van der Waals surface area (Å²) in [5.74, 6) is -5.47. The second-order valence-corrected chi connectivity index (χ2v) is 14.5. The first-order chi connectivity index (χ1) is 29.7. The maximum absolute atomic E-state index is 12.3. The molecule has 2 aliphatic rings. The van der Waals surface area contributed by atoms with Crippen molar-refractivity contribution in [3.8, 4) is 0 Å². The van der Waals surface area contributed by atoms with Gasteiger partial charge in [0.1, 0.15) is 37.5 Å². The molecule has 0 bridgehead atoms. The molecule has 11 atom stereocenters. The van der Waals surface area contributed by atoms with Crippen molar-refractivity contribution in [3.63, 3.8) is 0 Å². The number of hydrogen-bond donors (Lipinski definition) is 6. The van der Waals surface area contributed by atoms with Gasteiger partial charge in [-0.25, -0.2) is 0 Å². The number of rotatable bonds is 26. The van der Waals surface area contributed by atoms with E-state index in [1.54, 1.807) is 5.06 Å². The first-order valence-electron chi connectivity index (χ1n) is 20.4. The van der Waals surface area contributed by atoms with Gasteiger partial charge in [-0.3, -0.25) is 48.5 Å². The maximum Gasteiger partial charge on any atom is 0.303 e. The van der Waals surface area contributed by atoms with Crippen molar-refractivity contribution in [1.82, 2.24) is 26.3 Å². The third-order valence-electron chi connectivity index (χ3n) is 8.88. The van der Waals surface area contributed by atoms with Gasteiger partial charge < -0.3 is 69.4 Å². The number of nitrogens with one attached hydrogen (secondary N) is 4. The number of hydroxylamine groups is 2. The lowest BCUT2D eigenvalue weighted by molar-refractivity contribution is -0.341. The second kappa shape index (κ2) is 28.2. The van der Waals surface area contributed by atoms with Crippen LogP contribution in [-0.4, -0.2) is 178 Å². The minimum absolute atomic E-state index is 0.216. The second-order valence-electron chi connectivity index (χ2n) is 14.5. The summed E-state index contributed by atoms with van der Waals surface area (Å²) < 4.78 is 49.7. The Labute approximate surface area is 365 Å². The first kappa shape index (κ1) is 54.5. The number of aliphatic hydroxyl groups is 1. The van der Waals surface area contributed by atoms with Gasteiger partial charge in [-0.15, -0.1) is 0 Å². The Morgan fingerprint density at radius 3 is 1.46 bits per heavy atom. The van der Waals surface area contributed by atoms with E-state index in [1.807, 2.05) is 0 Å². The van der Waals surface area contributed by atoms with Gasteiger partial charge in [0.2, 0.25) is 24.5 Å². The first-order valence-corrected chi connectivity index (χ1v) is 20.4. The van der Waals surface area contributed by atoms with Crippen LogP contribution in [0.1, 0.15) is 74.7 Å². The highest BCUT2D eigenvalue weighted by atomic mass is 16.8. The van der Waals surface area contributed by atoms with Gasteiger partial charge in [0.05, 0.1) is 0 Å². The average Bonchev–Trinajstić information content (AvgIpc) is 3.16. The monoisotopic (exact) mass is 908 g/mol. The highest BCUT2D eigenvalue weighted by molar-refractivity contribution is 5.74. The van der Waals surface area contributed by atoms with E-state index in [2.05, 4.69) is 21.3 Å². The van der Waals surface area contributed by atoms with E-state index in [9.17, 15) is 43.5 Å². The van der Waals surface area contributed by atoms with Gasteiger partial charge in [-0.2, -0.15) is 5.06 Å². The van der Waals surface area contributed by atoms with Gasteiger partial charge in [0.15, 0.2) is 30.7 Å². The molecule has 0 radical (unpaired) electrons. The molecule has 25 nitrogen and oxygen atoms in total. The van der Waals surface area contributed by atoms with E-state index >= 15 is 0 Å². The highest BCUT2D eigenvalue weighted by Crippen LogP contribution is 2.30. The Balaban J connectivity index is 2.04. The Hall–Kier alpha value is -4.60. The maximum atomic E-state index is 12.3. The molecule has 2 heterocycles. The van der Waals surface area contributed by atoms with Gasteiger partial charge in [0.25, 0.3) is 0 Å². The molecule has 63 heavy (non-hydrogen) atoms. The fourth-order valence-corrected chi connectivity index (χ4v) is 6.54. The fourth-order valence-electron chi connectivity index (χ4n) is 6.54. The number of nitrogens with zero attached hydrogens (tertiary/aromatic N) is 1. The molecule has 2 amide bonds. The van der Waals surface area contributed by atoms with Crippen LogP contribution in [0.25, 0.3) is 0 Å². The summed E-state index contributed by atoms with van der Waals surface area (Å²) in [6.45, 7) is 10.6. The van der Waals surface area contributed by atoms with E-state index in [-0.39, 0.29) is 13.2 Å². The van der Waals surface area contributed by atoms with E-state index in [1.165, 1.54) is 20.8 Å². The molecule has 0 aromatic carbocycles. The molecular weight excluding hydrogens is 844 g/mol. The van der Waals surface area contributed by atoms with Gasteiger partial charge in [-0.1, -0.05) is 0 Å². The Kier molecular flexibility index (Phi) is 24.5. The van der Waals surface area contributed by atoms with E-state index in [4.69, 9.17) is 53.2 Å². The molecule has 2 fully saturated rings. The number of carbonyl (C=O) groups is 8. The Bertz CT molecular complexity index is 1520. The quantitative estimate of drug-likeness (QED) is 0.0167. The third-order valence-corrected chi connectivity index (χ3v) is 8.88. The van der Waals surface area contributed by atoms with Crippen LogP contribution in [0, 0.1) is 0 Å². The van der Waals surface area contributed by atoms with Crippen LogP contribution >= 0.6 is 0 Å². The van der Waals surface area contributed by atoms with Gasteiger partial charge >= 0.3 is 35.8 Å². The van der Waals surface area contributed by atoms with Crippen LogP contribution in [0.3, 0.4) is 0 Å². The normalized spacial score (nSPS) is 26.1. The number of hydrogen-bond acceptors (Lipinski definition) is 23. The van der Waals surface area contributed by atoms with Gasteiger partial charge in [-0.05, 0) is 38.9 Å². The minimum Gasteiger partial charge on any atom is -0.463 e. The van der Waals surface area contributed by atoms with Crippen molar-refractivity contribution < 1.29 is 90.9 Å². The van der Waals surface area contributed by atoms with Crippen molar-refractivity contribution >= 4 is 47.6 Å². The molecule has 0 spiro atoms. The number of nitrogens with two attached hydrogens (primary N) is 1. The molecule has 2 aliphatic heterocycles. The lowest BCUT2D eigenvalue weighted by atomic mass is 9.96. The third kappa shape index (κ3) is 20.6. The van der Waals surface area contributed by atoms with Crippen molar-refractivity contribution in [2.24, 2.45) is 5.73 Å². The topological polar surface area (TPSA) is 326 Å². The lowest BCUT2D eigenvalue weighted by Crippen LogP contribution is -2.67. The number of ether oxygens (including phenoxy) is 9. The zero-order valence-corrected chi connectivity index (χ0v) is 36.9. The molecular formula is C38H64N6O19. The zero-order chi connectivity index (χ0) is 47.2. The van der Waals surface area contributed by atoms with Crippen molar-refractivity contribution in [2.75, 3.05) is 52.5 Å². The van der Waals surface area contributed by atoms with Gasteiger partial charge in [0, 0.05) is 75.0 Å². The smallest absolute Gasteiger partial charge is 0.303 e. The molecule has 360 valence electrons. The van der Waals surface area contributed by atoms with Crippen molar-refractivity contribution in [3.05, 3.63) is 0 Å². The molecule has 2 saturated heterocycles. The summed E-state index contributed by atoms with van der Waals surface area (Å²) >= 11 is 0. The fraction of sp³-hybridized carbons (Fsp3) is 0.789. The van der Waals surface area contributed by atoms with Crippen molar-refractivity contribution in [1.29, 1.82) is 0 Å². The standard InChI is InChI=1S/C38H64N6O19/c1-20(45)42-30-34(58-26(7)51)32(56-24(5)49)28(18-54-22(3)47)60-36(30)62-38(53)41-15-10-13-40-14-11-17-44(16-9-12-39)63-37-31(43-21(2)46)35(59-27(8)52)33(57-25(6)50)29(61-37)19-55-23(4)48/h28-38,40-41,53H,9-19,39H2,1-8H3,(H,42,45)(H,43,46)/t28?,29?,30?,31?,32-,33-,34?,35?,36-,37-,38?/m0/s1. The molecule has 0 aromatic heterocycles.